The number of nitrogens with zero attached hydrogens (tertiary/aromatic N) is 4. The van der Waals surface area contributed by atoms with E-state index in [1.807, 2.05) is 121 Å². The Morgan fingerprint density at radius 2 is 1.02 bits per heavy atom. The molecule has 6 rings (SSSR count). The molecule has 9 heteroatoms. The maximum absolute atomic E-state index is 6.67. The molecule has 0 saturated heterocycles. The maximum Gasteiger partial charge on any atom is 0.338 e. The summed E-state index contributed by atoms with van der Waals surface area (Å²) in [7, 11) is 0. The minimum atomic E-state index is -0.742. The lowest BCUT2D eigenvalue weighted by molar-refractivity contribution is -0.192. The van der Waals surface area contributed by atoms with E-state index in [0.717, 1.165) is 22.3 Å². The third-order valence-electron chi connectivity index (χ3n) is 7.16. The van der Waals surface area contributed by atoms with E-state index in [0.29, 0.717) is 26.4 Å². The minimum Gasteiger partial charge on any atom is -0.454 e. The fourth-order valence-electron chi connectivity index (χ4n) is 4.97. The van der Waals surface area contributed by atoms with Crippen molar-refractivity contribution in [3.8, 4) is 6.01 Å². The summed E-state index contributed by atoms with van der Waals surface area (Å²) in [6.45, 7) is 1.63. The van der Waals surface area contributed by atoms with E-state index in [9.17, 15) is 0 Å². The molecule has 0 saturated carbocycles. The molecule has 9 nitrogen and oxygen atoms in total. The number of fused-ring (bicyclic) bond motifs is 1. The molecule has 0 unspecified atom stereocenters. The first-order chi connectivity index (χ1) is 21.3. The molecule has 220 valence electrons. The van der Waals surface area contributed by atoms with Crippen LogP contribution in [0.3, 0.4) is 0 Å². The summed E-state index contributed by atoms with van der Waals surface area (Å²) >= 11 is 0. The largest absolute Gasteiger partial charge is 0.454 e. The predicted octanol–water partition coefficient (Wildman–Crippen LogP) is 5.54. The molecule has 0 aliphatic carbocycles. The van der Waals surface area contributed by atoms with Crippen molar-refractivity contribution in [1.82, 2.24) is 20.2 Å². The molecule has 0 bridgehead atoms. The highest BCUT2D eigenvalue weighted by Gasteiger charge is 2.45. The summed E-state index contributed by atoms with van der Waals surface area (Å²) in [5, 5.41) is 12.3. The summed E-state index contributed by atoms with van der Waals surface area (Å²) in [4.78, 5) is 0. The van der Waals surface area contributed by atoms with E-state index in [1.54, 1.807) is 0 Å². The van der Waals surface area contributed by atoms with Gasteiger partial charge in [0.25, 0.3) is 0 Å². The van der Waals surface area contributed by atoms with Gasteiger partial charge in [0.15, 0.2) is 12.3 Å². The fourth-order valence-corrected chi connectivity index (χ4v) is 4.97. The van der Waals surface area contributed by atoms with Crippen LogP contribution in [0, 0.1) is 0 Å². The molecule has 1 aliphatic heterocycles. The lowest BCUT2D eigenvalue weighted by Gasteiger charge is -2.33. The van der Waals surface area contributed by atoms with Crippen LogP contribution in [0.15, 0.2) is 121 Å². The number of tetrazole rings is 1. The van der Waals surface area contributed by atoms with Crippen LogP contribution >= 0.6 is 0 Å². The third kappa shape index (κ3) is 7.71. The van der Waals surface area contributed by atoms with E-state index in [2.05, 4.69) is 15.5 Å². The molecule has 0 N–H and O–H groups in total. The molecule has 1 aliphatic rings. The minimum absolute atomic E-state index is 0.213. The van der Waals surface area contributed by atoms with Gasteiger partial charge in [0.1, 0.15) is 12.2 Å². The molecular weight excluding hydrogens is 544 g/mol. The Hall–Kier alpha value is -4.41. The molecule has 0 fully saturated rings. The van der Waals surface area contributed by atoms with Crippen molar-refractivity contribution < 1.29 is 23.7 Å². The van der Waals surface area contributed by atoms with Gasteiger partial charge in [-0.2, -0.15) is 4.68 Å². The smallest absolute Gasteiger partial charge is 0.338 e. The van der Waals surface area contributed by atoms with Gasteiger partial charge in [-0.05, 0) is 32.7 Å². The lowest BCUT2D eigenvalue weighted by atomic mass is 10.1. The quantitative estimate of drug-likeness (QED) is 0.180. The van der Waals surface area contributed by atoms with Crippen molar-refractivity contribution in [1.29, 1.82) is 0 Å². The van der Waals surface area contributed by atoms with Gasteiger partial charge < -0.3 is 23.7 Å². The second-order valence-corrected chi connectivity index (χ2v) is 10.3. The Balaban J connectivity index is 1.31. The highest BCUT2D eigenvalue weighted by Crippen LogP contribution is 2.33. The van der Waals surface area contributed by atoms with Crippen LogP contribution in [0.2, 0.25) is 0 Å². The summed E-state index contributed by atoms with van der Waals surface area (Å²) < 4.78 is 34.0. The Labute approximate surface area is 250 Å². The van der Waals surface area contributed by atoms with Gasteiger partial charge in [-0.25, -0.2) is 0 Å². The van der Waals surface area contributed by atoms with Crippen molar-refractivity contribution in [3.63, 3.8) is 0 Å². The number of aromatic nitrogens is 4. The average molecular weight is 579 g/mol. The van der Waals surface area contributed by atoms with Gasteiger partial charge >= 0.3 is 6.01 Å². The van der Waals surface area contributed by atoms with Crippen LogP contribution in [-0.4, -0.2) is 45.1 Å². The van der Waals surface area contributed by atoms with E-state index in [1.165, 1.54) is 4.68 Å². The number of rotatable bonds is 13. The highest BCUT2D eigenvalue weighted by molar-refractivity contribution is 5.16. The molecule has 1 aromatic heterocycles. The van der Waals surface area contributed by atoms with E-state index in [-0.39, 0.29) is 12.6 Å². The maximum atomic E-state index is 6.67. The Bertz CT molecular complexity index is 1510. The van der Waals surface area contributed by atoms with Gasteiger partial charge in [0.05, 0.1) is 33.0 Å². The highest BCUT2D eigenvalue weighted by atomic mass is 16.6. The third-order valence-corrected chi connectivity index (χ3v) is 7.16. The summed E-state index contributed by atoms with van der Waals surface area (Å²) in [6, 6.07) is 40.2. The molecule has 0 radical (unpaired) electrons. The van der Waals surface area contributed by atoms with Crippen LogP contribution < -0.4 is 4.74 Å². The molecular formula is C34H34N4O5. The average Bonchev–Trinajstić information content (AvgIpc) is 3.48. The van der Waals surface area contributed by atoms with Crippen molar-refractivity contribution in [2.45, 2.75) is 51.0 Å². The second kappa shape index (κ2) is 14.7. The molecule has 0 amide bonds. The molecule has 2 heterocycles. The van der Waals surface area contributed by atoms with Gasteiger partial charge in [-0.15, -0.1) is 0 Å². The van der Waals surface area contributed by atoms with Crippen LogP contribution in [0.4, 0.5) is 0 Å². The standard InChI is InChI=1S/C34H34N4O5/c1-5-13-26(14-6-1)21-39-25-30-31(40-22-27-15-7-2-8-16-27)32(41-23-28-17-9-3-10-18-28)33(38-34(43-30)35-36-37-38)42-24-29-19-11-4-12-20-29/h1-20,30-33H,21-25H2/t30-,31+,32+,33-/m1/s1. The zero-order valence-electron chi connectivity index (χ0n) is 23.7. The first-order valence-electron chi connectivity index (χ1n) is 14.4. The van der Waals surface area contributed by atoms with Crippen LogP contribution in [0.25, 0.3) is 0 Å². The fraction of sp³-hybridized carbons (Fsp3) is 0.265. The molecule has 0 spiro atoms. The molecule has 5 aromatic rings. The predicted molar refractivity (Wildman–Crippen MR) is 159 cm³/mol. The van der Waals surface area contributed by atoms with Crippen LogP contribution in [0.1, 0.15) is 28.5 Å². The SMILES string of the molecule is c1ccc(COC[C@H]2Oc3nnnn3[C@H](OCc3ccccc3)[C@@H](OCc3ccccc3)[C@H]2OCc2ccccc2)cc1. The number of benzene rings is 4. The van der Waals surface area contributed by atoms with Crippen molar-refractivity contribution in [2.75, 3.05) is 6.61 Å². The van der Waals surface area contributed by atoms with Gasteiger partial charge in [-0.1, -0.05) is 126 Å². The molecule has 4 aromatic carbocycles. The van der Waals surface area contributed by atoms with Gasteiger partial charge in [0, 0.05) is 0 Å². The Morgan fingerprint density at radius 1 is 0.558 bits per heavy atom. The van der Waals surface area contributed by atoms with Crippen molar-refractivity contribution >= 4 is 0 Å². The van der Waals surface area contributed by atoms with Gasteiger partial charge in [0.2, 0.25) is 0 Å². The zero-order chi connectivity index (χ0) is 29.1. The topological polar surface area (TPSA) is 89.8 Å². The second-order valence-electron chi connectivity index (χ2n) is 10.3. The summed E-state index contributed by atoms with van der Waals surface area (Å²) in [5.41, 5.74) is 4.11. The molecule has 43 heavy (non-hydrogen) atoms. The number of hydrogen-bond donors (Lipinski definition) is 0. The van der Waals surface area contributed by atoms with E-state index < -0.39 is 24.5 Å². The number of ether oxygens (including phenoxy) is 5. The first kappa shape index (κ1) is 28.7. The Kier molecular flexibility index (Phi) is 9.78. The zero-order valence-corrected chi connectivity index (χ0v) is 23.7. The molecule has 4 atom stereocenters. The first-order valence-corrected chi connectivity index (χ1v) is 14.4. The summed E-state index contributed by atoms with van der Waals surface area (Å²) in [5.74, 6) is 0. The van der Waals surface area contributed by atoms with Crippen LogP contribution in [0.5, 0.6) is 6.01 Å². The monoisotopic (exact) mass is 578 g/mol. The van der Waals surface area contributed by atoms with E-state index >= 15 is 0 Å². The normalized spacial score (nSPS) is 19.7. The van der Waals surface area contributed by atoms with E-state index in [4.69, 9.17) is 23.7 Å². The van der Waals surface area contributed by atoms with Crippen molar-refractivity contribution in [3.05, 3.63) is 144 Å². The van der Waals surface area contributed by atoms with Gasteiger partial charge in [-0.3, -0.25) is 0 Å². The number of hydrogen-bond acceptors (Lipinski definition) is 8. The Morgan fingerprint density at radius 3 is 1.56 bits per heavy atom. The summed E-state index contributed by atoms with van der Waals surface area (Å²) in [6.07, 6.45) is -2.59. The lowest BCUT2D eigenvalue weighted by Crippen LogP contribution is -2.48. The van der Waals surface area contributed by atoms with Crippen LogP contribution in [-0.2, 0) is 45.4 Å². The van der Waals surface area contributed by atoms with Crippen molar-refractivity contribution in [2.24, 2.45) is 0 Å².